The Hall–Kier alpha value is -2.51. The summed E-state index contributed by atoms with van der Waals surface area (Å²) in [5.41, 5.74) is 0.248. The first-order chi connectivity index (χ1) is 16.1. The van der Waals surface area contributed by atoms with Crippen LogP contribution in [0.5, 0.6) is 5.75 Å². The zero-order valence-corrected chi connectivity index (χ0v) is 20.6. The van der Waals surface area contributed by atoms with Crippen LogP contribution in [0.4, 0.5) is 23.7 Å². The second kappa shape index (κ2) is 9.86. The molecule has 1 fully saturated rings. The summed E-state index contributed by atoms with van der Waals surface area (Å²) < 4.78 is 67.7. The number of nitrogens with one attached hydrogen (secondary N) is 2. The average molecular weight is 540 g/mol. The molecule has 14 heteroatoms. The molecule has 1 saturated carbocycles. The molecule has 35 heavy (non-hydrogen) atoms. The van der Waals surface area contributed by atoms with Gasteiger partial charge in [0.2, 0.25) is 0 Å². The minimum absolute atomic E-state index is 0.0877. The van der Waals surface area contributed by atoms with E-state index in [0.717, 1.165) is 0 Å². The molecule has 0 saturated heterocycles. The maximum absolute atomic E-state index is 13.1. The van der Waals surface area contributed by atoms with Gasteiger partial charge in [0.15, 0.2) is 15.6 Å². The van der Waals surface area contributed by atoms with E-state index in [0.29, 0.717) is 18.4 Å². The minimum Gasteiger partial charge on any atom is -0.504 e. The molecular weight excluding hydrogens is 515 g/mol. The highest BCUT2D eigenvalue weighted by Crippen LogP contribution is 2.43. The number of phenolic OH excluding ortho intramolecular Hbond substituents is 1. The summed E-state index contributed by atoms with van der Waals surface area (Å²) in [4.78, 5) is 24.9. The van der Waals surface area contributed by atoms with Crippen molar-refractivity contribution in [2.45, 2.75) is 60.7 Å². The first-order valence-corrected chi connectivity index (χ1v) is 12.5. The normalized spacial score (nSPS) is 24.5. The van der Waals surface area contributed by atoms with E-state index in [1.54, 1.807) is 0 Å². The molecule has 2 aliphatic rings. The number of nitrogens with zero attached hydrogens (tertiary/aromatic N) is 1. The number of aromatic hydroxyl groups is 1. The molecule has 0 aliphatic heterocycles. The lowest BCUT2D eigenvalue weighted by Gasteiger charge is -2.39. The summed E-state index contributed by atoms with van der Waals surface area (Å²) in [6, 6.07) is 0.939. The van der Waals surface area contributed by atoms with E-state index in [-0.39, 0.29) is 23.2 Å². The third-order valence-electron chi connectivity index (χ3n) is 6.12. The summed E-state index contributed by atoms with van der Waals surface area (Å²) >= 11 is 6.09. The Balaban J connectivity index is 1.68. The Labute approximate surface area is 205 Å². The number of ether oxygens (including phenoxy) is 1. The fourth-order valence-electron chi connectivity index (χ4n) is 3.97. The Morgan fingerprint density at radius 3 is 2.40 bits per heavy atom. The van der Waals surface area contributed by atoms with Crippen molar-refractivity contribution in [2.75, 3.05) is 19.4 Å². The number of carbonyl (C=O) groups excluding carboxylic acids is 2. The molecule has 3 rings (SSSR count). The van der Waals surface area contributed by atoms with E-state index < -0.39 is 56.1 Å². The maximum Gasteiger partial charge on any atom is 0.490 e. The summed E-state index contributed by atoms with van der Waals surface area (Å²) in [7, 11) is -0.304. The van der Waals surface area contributed by atoms with Crippen LogP contribution in [-0.4, -0.2) is 74.1 Å². The van der Waals surface area contributed by atoms with Gasteiger partial charge in [-0.2, -0.15) is 13.2 Å². The molecule has 0 heterocycles. The largest absolute Gasteiger partial charge is 0.504 e. The lowest BCUT2D eigenvalue weighted by atomic mass is 9.91. The number of urea groups is 1. The standard InChI is InChI=1S/C21H25ClF3N3O6S/c1-10-6-12(34-19(30)21(23,24)25)9-16(10)27-20(31)26-15-5-4-14(22)18(17(15)29)35(32,33)13-7-11(8-13)28(2)3/h4-6,11-13,16,29H,7-9H2,1-3H3,(H2,26,27,31)/t11?,12?,13?,16-/m1/s1. The number of esters is 1. The molecule has 2 aliphatic carbocycles. The number of hydrogen-bond acceptors (Lipinski definition) is 7. The minimum atomic E-state index is -5.14. The number of carbonyl (C=O) groups is 2. The van der Waals surface area contributed by atoms with Gasteiger partial charge in [0, 0.05) is 12.5 Å². The van der Waals surface area contributed by atoms with Gasteiger partial charge in [0.25, 0.3) is 0 Å². The second-order valence-electron chi connectivity index (χ2n) is 8.77. The maximum atomic E-state index is 13.1. The molecule has 0 spiro atoms. The Morgan fingerprint density at radius 2 is 1.83 bits per heavy atom. The number of halogens is 4. The van der Waals surface area contributed by atoms with Gasteiger partial charge >= 0.3 is 18.2 Å². The number of alkyl halides is 3. The van der Waals surface area contributed by atoms with Crippen LogP contribution < -0.4 is 10.6 Å². The highest BCUT2D eigenvalue weighted by molar-refractivity contribution is 7.92. The molecule has 0 bridgehead atoms. The highest BCUT2D eigenvalue weighted by atomic mass is 35.5. The van der Waals surface area contributed by atoms with Crippen molar-refractivity contribution in [2.24, 2.45) is 0 Å². The summed E-state index contributed by atoms with van der Waals surface area (Å²) in [6.07, 6.45) is -4.40. The van der Waals surface area contributed by atoms with E-state index >= 15 is 0 Å². The molecule has 1 unspecified atom stereocenters. The summed E-state index contributed by atoms with van der Waals surface area (Å²) in [5, 5.41) is 14.5. The predicted octanol–water partition coefficient (Wildman–Crippen LogP) is 3.23. The van der Waals surface area contributed by atoms with Crippen molar-refractivity contribution in [3.63, 3.8) is 0 Å². The molecule has 9 nitrogen and oxygen atoms in total. The lowest BCUT2D eigenvalue weighted by molar-refractivity contribution is -0.202. The Morgan fingerprint density at radius 1 is 1.20 bits per heavy atom. The zero-order valence-electron chi connectivity index (χ0n) is 19.0. The SMILES string of the molecule is CC1=CC(OC(=O)C(F)(F)F)C[C@H]1NC(=O)Nc1ccc(Cl)c(S(=O)(=O)C2CC(N(C)C)C2)c1O. The van der Waals surface area contributed by atoms with Crippen molar-refractivity contribution >= 4 is 39.1 Å². The molecule has 194 valence electrons. The van der Waals surface area contributed by atoms with Crippen LogP contribution in [0.2, 0.25) is 5.02 Å². The molecule has 3 N–H and O–H groups in total. The van der Waals surface area contributed by atoms with Crippen molar-refractivity contribution < 1.29 is 41.0 Å². The molecule has 0 radical (unpaired) electrons. The third kappa shape index (κ3) is 5.84. The summed E-state index contributed by atoms with van der Waals surface area (Å²) in [6.45, 7) is 1.54. The monoisotopic (exact) mass is 539 g/mol. The second-order valence-corrected chi connectivity index (χ2v) is 11.3. The quantitative estimate of drug-likeness (QED) is 0.288. The van der Waals surface area contributed by atoms with Crippen LogP contribution in [0.1, 0.15) is 26.2 Å². The van der Waals surface area contributed by atoms with Gasteiger partial charge in [-0.15, -0.1) is 0 Å². The van der Waals surface area contributed by atoms with Crippen LogP contribution in [0.3, 0.4) is 0 Å². The number of benzene rings is 1. The fourth-order valence-corrected chi connectivity index (χ4v) is 6.45. The van der Waals surface area contributed by atoms with Crippen molar-refractivity contribution in [3.05, 3.63) is 28.8 Å². The number of rotatable bonds is 6. The van der Waals surface area contributed by atoms with Crippen LogP contribution in [0, 0.1) is 0 Å². The van der Waals surface area contributed by atoms with E-state index in [2.05, 4.69) is 15.4 Å². The molecular formula is C21H25ClF3N3O6S. The molecule has 2 amide bonds. The lowest BCUT2D eigenvalue weighted by Crippen LogP contribution is -2.47. The van der Waals surface area contributed by atoms with Gasteiger partial charge in [0.05, 0.1) is 22.0 Å². The molecule has 1 aromatic carbocycles. The van der Waals surface area contributed by atoms with E-state index in [1.807, 2.05) is 19.0 Å². The van der Waals surface area contributed by atoms with Gasteiger partial charge in [-0.25, -0.2) is 18.0 Å². The molecule has 2 atom stereocenters. The zero-order chi connectivity index (χ0) is 26.3. The highest BCUT2D eigenvalue weighted by Gasteiger charge is 2.44. The average Bonchev–Trinajstić information content (AvgIpc) is 3.00. The number of anilines is 1. The van der Waals surface area contributed by atoms with Crippen molar-refractivity contribution in [1.29, 1.82) is 0 Å². The van der Waals surface area contributed by atoms with Gasteiger partial charge in [-0.05, 0) is 52.1 Å². The van der Waals surface area contributed by atoms with E-state index in [4.69, 9.17) is 11.6 Å². The molecule has 1 aromatic rings. The van der Waals surface area contributed by atoms with Crippen LogP contribution in [0.25, 0.3) is 0 Å². The number of phenols is 1. The molecule has 0 aromatic heterocycles. The van der Waals surface area contributed by atoms with Gasteiger partial charge < -0.3 is 25.4 Å². The topological polar surface area (TPSA) is 125 Å². The fraction of sp³-hybridized carbons (Fsp3) is 0.524. The van der Waals surface area contributed by atoms with Crippen LogP contribution in [0.15, 0.2) is 28.7 Å². The van der Waals surface area contributed by atoms with Gasteiger partial charge in [-0.1, -0.05) is 17.2 Å². The Bertz CT molecular complexity index is 1150. The smallest absolute Gasteiger partial charge is 0.490 e. The van der Waals surface area contributed by atoms with Gasteiger partial charge in [0.1, 0.15) is 11.0 Å². The van der Waals surface area contributed by atoms with Crippen LogP contribution in [-0.2, 0) is 19.4 Å². The van der Waals surface area contributed by atoms with Gasteiger partial charge in [-0.3, -0.25) is 0 Å². The van der Waals surface area contributed by atoms with E-state index in [1.165, 1.54) is 25.1 Å². The predicted molar refractivity (Wildman–Crippen MR) is 121 cm³/mol. The number of amides is 2. The Kier molecular flexibility index (Phi) is 7.63. The first-order valence-electron chi connectivity index (χ1n) is 10.6. The summed E-state index contributed by atoms with van der Waals surface area (Å²) in [5.74, 6) is -3.04. The first kappa shape index (κ1) is 27.1. The van der Waals surface area contributed by atoms with Crippen molar-refractivity contribution in [3.8, 4) is 5.75 Å². The number of hydrogen-bond donors (Lipinski definition) is 3. The van der Waals surface area contributed by atoms with E-state index in [9.17, 15) is 36.3 Å². The third-order valence-corrected chi connectivity index (χ3v) is 8.79. The van der Waals surface area contributed by atoms with Crippen molar-refractivity contribution in [1.82, 2.24) is 10.2 Å². The number of sulfone groups is 1. The van der Waals surface area contributed by atoms with Crippen LogP contribution >= 0.6 is 11.6 Å².